The van der Waals surface area contributed by atoms with Crippen molar-refractivity contribution in [1.29, 1.82) is 0 Å². The molecule has 0 aromatic heterocycles. The molecule has 8 heteroatoms. The first kappa shape index (κ1) is 38.4. The van der Waals surface area contributed by atoms with Crippen LogP contribution in [-0.2, 0) is 28.6 Å². The van der Waals surface area contributed by atoms with Crippen LogP contribution in [0.25, 0.3) is 0 Å². The summed E-state index contributed by atoms with van der Waals surface area (Å²) in [6, 6.07) is 0.397. The fourth-order valence-corrected chi connectivity index (χ4v) is 5.32. The third-order valence-corrected chi connectivity index (χ3v) is 7.68. The van der Waals surface area contributed by atoms with Crippen LogP contribution in [0.2, 0.25) is 0 Å². The van der Waals surface area contributed by atoms with Gasteiger partial charge >= 0.3 is 5.97 Å². The zero-order chi connectivity index (χ0) is 30.9. The Hall–Kier alpha value is -1.67. The number of hydrogen-bond acceptors (Lipinski definition) is 6. The van der Waals surface area contributed by atoms with Crippen LogP contribution in [0.4, 0.5) is 0 Å². The van der Waals surface area contributed by atoms with E-state index in [1.54, 1.807) is 0 Å². The van der Waals surface area contributed by atoms with E-state index >= 15 is 0 Å². The number of esters is 1. The largest absolute Gasteiger partial charge is 0.460 e. The molecule has 246 valence electrons. The lowest BCUT2D eigenvalue weighted by Crippen LogP contribution is -2.43. The Morgan fingerprint density at radius 1 is 0.571 bits per heavy atom. The van der Waals surface area contributed by atoms with Crippen LogP contribution in [-0.4, -0.2) is 61.9 Å². The molecule has 0 heterocycles. The number of amides is 2. The Kier molecular flexibility index (Phi) is 22.6. The molecule has 0 saturated heterocycles. The van der Waals surface area contributed by atoms with Crippen molar-refractivity contribution < 1.29 is 28.6 Å². The molecule has 0 atom stereocenters. The van der Waals surface area contributed by atoms with E-state index in [9.17, 15) is 14.4 Å². The summed E-state index contributed by atoms with van der Waals surface area (Å²) in [5.74, 6) is -0.103. The van der Waals surface area contributed by atoms with Gasteiger partial charge < -0.3 is 24.8 Å². The van der Waals surface area contributed by atoms with Crippen LogP contribution in [0.5, 0.6) is 0 Å². The van der Waals surface area contributed by atoms with Crippen molar-refractivity contribution in [3.63, 3.8) is 0 Å². The number of unbranched alkanes of at least 4 members (excludes halogenated alkanes) is 12. The van der Waals surface area contributed by atoms with Crippen LogP contribution < -0.4 is 10.6 Å². The lowest BCUT2D eigenvalue weighted by molar-refractivity contribution is -0.156. The van der Waals surface area contributed by atoms with Crippen molar-refractivity contribution in [1.82, 2.24) is 10.6 Å². The molecule has 1 saturated carbocycles. The lowest BCUT2D eigenvalue weighted by Gasteiger charge is -2.29. The summed E-state index contributed by atoms with van der Waals surface area (Å²) >= 11 is 0. The lowest BCUT2D eigenvalue weighted by atomic mass is 9.91. The maximum absolute atomic E-state index is 12.4. The third-order valence-electron chi connectivity index (χ3n) is 7.68. The summed E-state index contributed by atoms with van der Waals surface area (Å²) in [6.07, 6.45) is 21.8. The van der Waals surface area contributed by atoms with Gasteiger partial charge in [-0.25, -0.2) is 0 Å². The molecule has 0 aromatic carbocycles. The SMILES string of the molecule is CCCCCCCCCCCCCCCC(=O)NC1CCC(NC(=O)CCOCCOCCC(=O)OC(C)(C)C)CC1. The second-order valence-corrected chi connectivity index (χ2v) is 13.0. The zero-order valence-electron chi connectivity index (χ0n) is 27.6. The molecule has 0 spiro atoms. The van der Waals surface area contributed by atoms with Gasteiger partial charge in [0.15, 0.2) is 0 Å². The van der Waals surface area contributed by atoms with Gasteiger partial charge in [-0.3, -0.25) is 14.4 Å². The van der Waals surface area contributed by atoms with Crippen LogP contribution >= 0.6 is 0 Å². The van der Waals surface area contributed by atoms with Gasteiger partial charge in [-0.05, 0) is 52.9 Å². The topological polar surface area (TPSA) is 103 Å². The van der Waals surface area contributed by atoms with Gasteiger partial charge in [0.25, 0.3) is 0 Å². The van der Waals surface area contributed by atoms with E-state index in [1.165, 1.54) is 70.6 Å². The maximum atomic E-state index is 12.4. The first-order chi connectivity index (χ1) is 20.2. The molecule has 8 nitrogen and oxygen atoms in total. The summed E-state index contributed by atoms with van der Waals surface area (Å²) in [6.45, 7) is 9.16. The summed E-state index contributed by atoms with van der Waals surface area (Å²) < 4.78 is 16.1. The molecule has 1 aliphatic carbocycles. The van der Waals surface area contributed by atoms with Crippen molar-refractivity contribution >= 4 is 17.8 Å². The molecule has 2 amide bonds. The number of nitrogens with one attached hydrogen (secondary N) is 2. The first-order valence-corrected chi connectivity index (χ1v) is 17.2. The van der Waals surface area contributed by atoms with Gasteiger partial charge in [0, 0.05) is 24.9 Å². The average Bonchev–Trinajstić information content (AvgIpc) is 2.93. The quantitative estimate of drug-likeness (QED) is 0.0856. The predicted molar refractivity (Wildman–Crippen MR) is 169 cm³/mol. The summed E-state index contributed by atoms with van der Waals surface area (Å²) in [5.41, 5.74) is -0.485. The van der Waals surface area contributed by atoms with Crippen molar-refractivity contribution in [2.24, 2.45) is 0 Å². The number of carbonyl (C=O) groups is 3. The van der Waals surface area contributed by atoms with E-state index in [2.05, 4.69) is 17.6 Å². The van der Waals surface area contributed by atoms with E-state index in [0.717, 1.165) is 38.5 Å². The van der Waals surface area contributed by atoms with Gasteiger partial charge in [-0.1, -0.05) is 84.0 Å². The fraction of sp³-hybridized carbons (Fsp3) is 0.912. The van der Waals surface area contributed by atoms with Gasteiger partial charge in [-0.2, -0.15) is 0 Å². The minimum Gasteiger partial charge on any atom is -0.460 e. The molecule has 0 aromatic rings. The molecule has 42 heavy (non-hydrogen) atoms. The van der Waals surface area contributed by atoms with Crippen LogP contribution in [0.15, 0.2) is 0 Å². The summed E-state index contributed by atoms with van der Waals surface area (Å²) in [4.78, 5) is 36.2. The monoisotopic (exact) mass is 596 g/mol. The minimum absolute atomic E-state index is 0.00395. The van der Waals surface area contributed by atoms with E-state index < -0.39 is 5.60 Å². The van der Waals surface area contributed by atoms with Crippen LogP contribution in [0, 0.1) is 0 Å². The first-order valence-electron chi connectivity index (χ1n) is 17.2. The molecule has 1 aliphatic rings. The summed E-state index contributed by atoms with van der Waals surface area (Å²) in [7, 11) is 0. The Labute approximate surface area is 257 Å². The standard InChI is InChI=1S/C34H64N2O6/c1-5-6-7-8-9-10-11-12-13-14-15-16-17-18-31(37)35-29-19-21-30(22-20-29)36-32(38)23-25-40-27-28-41-26-24-33(39)42-34(2,3)4/h29-30H,5-28H2,1-4H3,(H,35,37)(H,36,38). The fourth-order valence-electron chi connectivity index (χ4n) is 5.32. The number of ether oxygens (including phenoxy) is 3. The highest BCUT2D eigenvalue weighted by Gasteiger charge is 2.23. The molecule has 0 aliphatic heterocycles. The summed E-state index contributed by atoms with van der Waals surface area (Å²) in [5, 5.41) is 6.31. The van der Waals surface area contributed by atoms with E-state index in [0.29, 0.717) is 39.3 Å². The Balaban J connectivity index is 1.92. The molecule has 0 unspecified atom stereocenters. The van der Waals surface area contributed by atoms with Gasteiger partial charge in [-0.15, -0.1) is 0 Å². The molecular weight excluding hydrogens is 532 g/mol. The smallest absolute Gasteiger partial charge is 0.308 e. The highest BCUT2D eigenvalue weighted by atomic mass is 16.6. The maximum Gasteiger partial charge on any atom is 0.308 e. The Bertz CT molecular complexity index is 701. The van der Waals surface area contributed by atoms with Gasteiger partial charge in [0.2, 0.25) is 11.8 Å². The van der Waals surface area contributed by atoms with Crippen molar-refractivity contribution in [2.75, 3.05) is 26.4 Å². The zero-order valence-corrected chi connectivity index (χ0v) is 27.6. The van der Waals surface area contributed by atoms with Crippen molar-refractivity contribution in [3.8, 4) is 0 Å². The van der Waals surface area contributed by atoms with Gasteiger partial charge in [0.1, 0.15) is 5.60 Å². The number of carbonyl (C=O) groups excluding carboxylic acids is 3. The average molecular weight is 597 g/mol. The second kappa shape index (κ2) is 24.7. The molecule has 0 bridgehead atoms. The van der Waals surface area contributed by atoms with E-state index in [4.69, 9.17) is 14.2 Å². The van der Waals surface area contributed by atoms with Crippen molar-refractivity contribution in [3.05, 3.63) is 0 Å². The molecule has 1 fully saturated rings. The molecule has 1 rings (SSSR count). The molecule has 0 radical (unpaired) electrons. The third kappa shape index (κ3) is 23.8. The number of rotatable bonds is 25. The minimum atomic E-state index is -0.485. The highest BCUT2D eigenvalue weighted by molar-refractivity contribution is 5.76. The molecular formula is C34H64N2O6. The van der Waals surface area contributed by atoms with Crippen LogP contribution in [0.1, 0.15) is 156 Å². The predicted octanol–water partition coefficient (Wildman–Crippen LogP) is 7.17. The van der Waals surface area contributed by atoms with E-state index in [-0.39, 0.29) is 36.3 Å². The Morgan fingerprint density at radius 2 is 0.976 bits per heavy atom. The normalized spacial score (nSPS) is 17.1. The highest BCUT2D eigenvalue weighted by Crippen LogP contribution is 2.19. The Morgan fingerprint density at radius 3 is 1.43 bits per heavy atom. The van der Waals surface area contributed by atoms with E-state index in [1.807, 2.05) is 20.8 Å². The van der Waals surface area contributed by atoms with Crippen LogP contribution in [0.3, 0.4) is 0 Å². The van der Waals surface area contributed by atoms with Gasteiger partial charge in [0.05, 0.1) is 32.8 Å². The molecule has 2 N–H and O–H groups in total. The second-order valence-electron chi connectivity index (χ2n) is 13.0. The van der Waals surface area contributed by atoms with Crippen molar-refractivity contribution in [2.45, 2.75) is 174 Å². The number of hydrogen-bond donors (Lipinski definition) is 2.